The molecule has 2 aromatic rings. The zero-order valence-corrected chi connectivity index (χ0v) is 17.0. The van der Waals surface area contributed by atoms with Gasteiger partial charge in [0, 0.05) is 38.9 Å². The quantitative estimate of drug-likeness (QED) is 0.226. The lowest BCUT2D eigenvalue weighted by atomic mass is 10.2. The van der Waals surface area contributed by atoms with E-state index < -0.39 is 0 Å². The Morgan fingerprint density at radius 2 is 2.07 bits per heavy atom. The topological polar surface area (TPSA) is 110 Å². The first-order chi connectivity index (χ1) is 14.8. The molecule has 9 nitrogen and oxygen atoms in total. The number of hydrogen-bond donors (Lipinski definition) is 2. The third kappa shape index (κ3) is 6.60. The zero-order valence-electron chi connectivity index (χ0n) is 17.0. The summed E-state index contributed by atoms with van der Waals surface area (Å²) < 4.78 is 5.20. The van der Waals surface area contributed by atoms with Gasteiger partial charge in [0.15, 0.2) is 12.0 Å². The second-order valence-corrected chi connectivity index (χ2v) is 7.01. The van der Waals surface area contributed by atoms with Crippen LogP contribution in [0.4, 0.5) is 5.69 Å². The van der Waals surface area contributed by atoms with Crippen molar-refractivity contribution in [2.45, 2.75) is 19.3 Å². The van der Waals surface area contributed by atoms with Gasteiger partial charge in [0.25, 0.3) is 5.91 Å². The van der Waals surface area contributed by atoms with E-state index in [1.165, 1.54) is 6.26 Å². The number of amides is 1. The predicted molar refractivity (Wildman–Crippen MR) is 114 cm³/mol. The van der Waals surface area contributed by atoms with Gasteiger partial charge in [-0.25, -0.2) is 0 Å². The van der Waals surface area contributed by atoms with Crippen molar-refractivity contribution in [3.8, 4) is 6.19 Å². The maximum Gasteiger partial charge on any atom is 0.289 e. The molecule has 0 saturated carbocycles. The number of nitrogens with one attached hydrogen (secondary N) is 2. The Morgan fingerprint density at radius 1 is 1.20 bits per heavy atom. The highest BCUT2D eigenvalue weighted by molar-refractivity contribution is 5.94. The van der Waals surface area contributed by atoms with Crippen molar-refractivity contribution < 1.29 is 9.21 Å². The second kappa shape index (κ2) is 11.6. The van der Waals surface area contributed by atoms with E-state index >= 15 is 0 Å². The minimum atomic E-state index is -0.0285. The van der Waals surface area contributed by atoms with E-state index in [0.717, 1.165) is 57.7 Å². The first-order valence-electron chi connectivity index (χ1n) is 10.2. The molecular weight excluding hydrogens is 382 g/mol. The largest absolute Gasteiger partial charge is 0.459 e. The van der Waals surface area contributed by atoms with Crippen LogP contribution in [0.25, 0.3) is 0 Å². The third-order valence-corrected chi connectivity index (χ3v) is 4.89. The first-order valence-corrected chi connectivity index (χ1v) is 10.2. The number of pyridine rings is 1. The summed E-state index contributed by atoms with van der Waals surface area (Å²) in [5.74, 6) is 0.814. The van der Waals surface area contributed by atoms with Gasteiger partial charge < -0.3 is 14.6 Å². The summed E-state index contributed by atoms with van der Waals surface area (Å²) in [6.07, 6.45) is 9.88. The van der Waals surface area contributed by atoms with Gasteiger partial charge in [-0.1, -0.05) is 6.42 Å². The molecule has 2 N–H and O–H groups in total. The average Bonchev–Trinajstić information content (AvgIpc) is 3.32. The summed E-state index contributed by atoms with van der Waals surface area (Å²) in [5, 5.41) is 14.5. The highest BCUT2D eigenvalue weighted by Gasteiger charge is 2.23. The van der Waals surface area contributed by atoms with Gasteiger partial charge >= 0.3 is 0 Å². The smallest absolute Gasteiger partial charge is 0.289 e. The van der Waals surface area contributed by atoms with E-state index in [9.17, 15) is 4.79 Å². The SMILES string of the molecule is N#CNC(=NCCCCCN1CCN(C(=O)c2ccco2)CC1)Nc1cccnc1. The van der Waals surface area contributed by atoms with Crippen molar-refractivity contribution in [3.63, 3.8) is 0 Å². The Morgan fingerprint density at radius 3 is 2.77 bits per heavy atom. The molecule has 3 rings (SSSR count). The maximum atomic E-state index is 12.3. The molecule has 3 heterocycles. The average molecular weight is 409 g/mol. The number of piperazine rings is 1. The van der Waals surface area contributed by atoms with Crippen molar-refractivity contribution in [3.05, 3.63) is 48.7 Å². The summed E-state index contributed by atoms with van der Waals surface area (Å²) in [7, 11) is 0. The molecule has 1 fully saturated rings. The molecule has 1 amide bonds. The van der Waals surface area contributed by atoms with Crippen molar-refractivity contribution in [2.75, 3.05) is 44.6 Å². The molecule has 0 spiro atoms. The maximum absolute atomic E-state index is 12.3. The Hall–Kier alpha value is -3.38. The van der Waals surface area contributed by atoms with E-state index in [1.807, 2.05) is 23.2 Å². The fourth-order valence-corrected chi connectivity index (χ4v) is 3.28. The second-order valence-electron chi connectivity index (χ2n) is 7.01. The molecule has 0 aliphatic carbocycles. The Bertz CT molecular complexity index is 838. The van der Waals surface area contributed by atoms with Crippen LogP contribution in [0.5, 0.6) is 0 Å². The molecule has 0 bridgehead atoms. The fourth-order valence-electron chi connectivity index (χ4n) is 3.28. The summed E-state index contributed by atoms with van der Waals surface area (Å²) in [5.41, 5.74) is 0.781. The van der Waals surface area contributed by atoms with Crippen molar-refractivity contribution in [1.29, 1.82) is 5.26 Å². The molecule has 158 valence electrons. The highest BCUT2D eigenvalue weighted by atomic mass is 16.3. The van der Waals surface area contributed by atoms with Gasteiger partial charge in [0.1, 0.15) is 0 Å². The van der Waals surface area contributed by atoms with Gasteiger partial charge in [-0.2, -0.15) is 5.26 Å². The number of carbonyl (C=O) groups excluding carboxylic acids is 1. The van der Waals surface area contributed by atoms with Crippen LogP contribution in [0.1, 0.15) is 29.8 Å². The van der Waals surface area contributed by atoms with Gasteiger partial charge in [-0.15, -0.1) is 0 Å². The van der Waals surface area contributed by atoms with Crippen LogP contribution in [-0.4, -0.2) is 65.9 Å². The van der Waals surface area contributed by atoms with Crippen LogP contribution < -0.4 is 10.6 Å². The monoisotopic (exact) mass is 409 g/mol. The fraction of sp³-hybridized carbons (Fsp3) is 0.429. The number of guanidine groups is 1. The van der Waals surface area contributed by atoms with Gasteiger partial charge in [0.2, 0.25) is 5.96 Å². The number of hydrogen-bond acceptors (Lipinski definition) is 6. The minimum Gasteiger partial charge on any atom is -0.459 e. The lowest BCUT2D eigenvalue weighted by Crippen LogP contribution is -2.48. The van der Waals surface area contributed by atoms with E-state index in [0.29, 0.717) is 18.3 Å². The Kier molecular flexibility index (Phi) is 8.23. The van der Waals surface area contributed by atoms with E-state index in [2.05, 4.69) is 25.5 Å². The molecule has 1 aliphatic heterocycles. The normalized spacial score (nSPS) is 14.9. The summed E-state index contributed by atoms with van der Waals surface area (Å²) in [4.78, 5) is 25.0. The molecule has 1 aliphatic rings. The van der Waals surface area contributed by atoms with Crippen LogP contribution in [0.15, 0.2) is 52.3 Å². The standard InChI is InChI=1S/C21H27N7O2/c22-17-25-21(26-18-6-4-8-23-16-18)24-9-2-1-3-10-27-11-13-28(14-12-27)20(29)19-7-5-15-30-19/h4-8,15-16H,1-3,9-14H2,(H2,24,25,26). The zero-order chi connectivity index (χ0) is 21.0. The van der Waals surface area contributed by atoms with Crippen LogP contribution >= 0.6 is 0 Å². The number of unbranched alkanes of at least 4 members (excludes halogenated alkanes) is 2. The molecule has 1 saturated heterocycles. The van der Waals surface area contributed by atoms with Gasteiger partial charge in [-0.05, 0) is 43.7 Å². The lowest BCUT2D eigenvalue weighted by Gasteiger charge is -2.34. The number of nitriles is 1. The lowest BCUT2D eigenvalue weighted by molar-refractivity contribution is 0.0604. The number of carbonyl (C=O) groups is 1. The number of anilines is 1. The number of aliphatic imine (C=N–C) groups is 1. The van der Waals surface area contributed by atoms with E-state index in [1.54, 1.807) is 24.5 Å². The minimum absolute atomic E-state index is 0.0285. The third-order valence-electron chi connectivity index (χ3n) is 4.89. The summed E-state index contributed by atoms with van der Waals surface area (Å²) >= 11 is 0. The number of aromatic nitrogens is 1. The van der Waals surface area contributed by atoms with Crippen molar-refractivity contribution in [1.82, 2.24) is 20.1 Å². The molecular formula is C21H27N7O2. The van der Waals surface area contributed by atoms with Gasteiger partial charge in [0.05, 0.1) is 18.1 Å². The van der Waals surface area contributed by atoms with Crippen molar-refractivity contribution in [2.24, 2.45) is 4.99 Å². The summed E-state index contributed by atoms with van der Waals surface area (Å²) in [6, 6.07) is 7.13. The van der Waals surface area contributed by atoms with Crippen LogP contribution in [0, 0.1) is 11.5 Å². The molecule has 9 heteroatoms. The first kappa shape index (κ1) is 21.3. The van der Waals surface area contributed by atoms with E-state index in [4.69, 9.17) is 9.68 Å². The molecule has 0 aromatic carbocycles. The van der Waals surface area contributed by atoms with Crippen molar-refractivity contribution >= 4 is 17.6 Å². The Labute approximate surface area is 176 Å². The van der Waals surface area contributed by atoms with Crippen LogP contribution in [-0.2, 0) is 0 Å². The number of rotatable bonds is 8. The molecule has 2 aromatic heterocycles. The summed E-state index contributed by atoms with van der Waals surface area (Å²) in [6.45, 7) is 4.89. The van der Waals surface area contributed by atoms with Crippen LogP contribution in [0.3, 0.4) is 0 Å². The molecule has 0 atom stereocenters. The molecule has 0 radical (unpaired) electrons. The number of furan rings is 1. The Balaban J connectivity index is 1.30. The molecule has 30 heavy (non-hydrogen) atoms. The van der Waals surface area contributed by atoms with Crippen LogP contribution in [0.2, 0.25) is 0 Å². The number of nitrogens with zero attached hydrogens (tertiary/aromatic N) is 5. The molecule has 0 unspecified atom stereocenters. The van der Waals surface area contributed by atoms with Gasteiger partial charge in [-0.3, -0.25) is 25.0 Å². The highest BCUT2D eigenvalue weighted by Crippen LogP contribution is 2.10. The van der Waals surface area contributed by atoms with E-state index in [-0.39, 0.29) is 5.91 Å². The predicted octanol–water partition coefficient (Wildman–Crippen LogP) is 2.14.